The first-order valence-electron chi connectivity index (χ1n) is 4.41. The topological polar surface area (TPSA) is 29.5 Å². The smallest absolute Gasteiger partial charge is 0.154 e. The number of methoxy groups -OCH3 is 1. The van der Waals surface area contributed by atoms with Crippen molar-refractivity contribution < 1.29 is 9.53 Å². The number of nitrogens with zero attached hydrogens (tertiary/aromatic N) is 1. The molecule has 0 amide bonds. The van der Waals surface area contributed by atoms with Gasteiger partial charge in [0.1, 0.15) is 5.75 Å². The fraction of sp³-hybridized carbons (Fsp3) is 0.364. The third-order valence-electron chi connectivity index (χ3n) is 2.19. The largest absolute Gasteiger partial charge is 0.496 e. The Kier molecular flexibility index (Phi) is 3.12. The molecule has 0 bridgehead atoms. The van der Waals surface area contributed by atoms with Crippen LogP contribution < -0.4 is 9.64 Å². The normalized spacial score (nSPS) is 9.71. The monoisotopic (exact) mass is 193 g/mol. The number of rotatable bonds is 3. The van der Waals surface area contributed by atoms with Gasteiger partial charge in [0.05, 0.1) is 12.7 Å². The van der Waals surface area contributed by atoms with Gasteiger partial charge in [0, 0.05) is 25.8 Å². The highest BCUT2D eigenvalue weighted by atomic mass is 16.5. The molecule has 0 aliphatic heterocycles. The first-order valence-corrected chi connectivity index (χ1v) is 4.41. The van der Waals surface area contributed by atoms with Gasteiger partial charge in [-0.15, -0.1) is 0 Å². The van der Waals surface area contributed by atoms with Crippen LogP contribution in [-0.4, -0.2) is 27.5 Å². The average molecular weight is 193 g/mol. The van der Waals surface area contributed by atoms with Gasteiger partial charge in [-0.1, -0.05) is 0 Å². The second-order valence-electron chi connectivity index (χ2n) is 3.39. The minimum absolute atomic E-state index is 0.623. The lowest BCUT2D eigenvalue weighted by Gasteiger charge is -2.16. The van der Waals surface area contributed by atoms with E-state index in [2.05, 4.69) is 0 Å². The Labute approximate surface area is 84.3 Å². The fourth-order valence-electron chi connectivity index (χ4n) is 1.33. The first-order chi connectivity index (χ1) is 6.60. The van der Waals surface area contributed by atoms with Crippen molar-refractivity contribution in [3.8, 4) is 5.75 Å². The van der Waals surface area contributed by atoms with Crippen LogP contribution in [0.25, 0.3) is 0 Å². The van der Waals surface area contributed by atoms with Crippen LogP contribution in [0.3, 0.4) is 0 Å². The molecule has 0 N–H and O–H groups in total. The fourth-order valence-corrected chi connectivity index (χ4v) is 1.33. The summed E-state index contributed by atoms with van der Waals surface area (Å²) in [5.41, 5.74) is 2.59. The maximum atomic E-state index is 10.8. The Morgan fingerprint density at radius 3 is 2.43 bits per heavy atom. The molecule has 76 valence electrons. The molecule has 1 rings (SSSR count). The predicted octanol–water partition coefficient (Wildman–Crippen LogP) is 1.88. The summed E-state index contributed by atoms with van der Waals surface area (Å²) in [6, 6.07) is 3.82. The molecule has 3 heteroatoms. The second kappa shape index (κ2) is 4.13. The molecule has 0 fully saturated rings. The number of hydrogen-bond acceptors (Lipinski definition) is 3. The number of hydrogen-bond donors (Lipinski definition) is 0. The van der Waals surface area contributed by atoms with Crippen LogP contribution in [0.1, 0.15) is 15.9 Å². The molecule has 3 nitrogen and oxygen atoms in total. The van der Waals surface area contributed by atoms with Gasteiger partial charge in [0.25, 0.3) is 0 Å². The number of ether oxygens (including phenoxy) is 1. The lowest BCUT2D eigenvalue weighted by Crippen LogP contribution is -2.09. The molecule has 0 heterocycles. The standard InChI is InChI=1S/C11H15NO2/c1-8-5-9(12(2)3)6-11(14-4)10(8)7-13/h5-7H,1-4H3. The summed E-state index contributed by atoms with van der Waals surface area (Å²) < 4.78 is 5.15. The number of aryl methyl sites for hydroxylation is 1. The molecule has 14 heavy (non-hydrogen) atoms. The zero-order valence-corrected chi connectivity index (χ0v) is 9.00. The van der Waals surface area contributed by atoms with E-state index in [1.807, 2.05) is 38.1 Å². The average Bonchev–Trinajstić information content (AvgIpc) is 2.16. The lowest BCUT2D eigenvalue weighted by atomic mass is 10.1. The molecule has 0 radical (unpaired) electrons. The molecule has 1 aromatic rings. The Balaban J connectivity index is 3.31. The first kappa shape index (κ1) is 10.6. The summed E-state index contributed by atoms with van der Waals surface area (Å²) in [6.07, 6.45) is 0.827. The van der Waals surface area contributed by atoms with Crippen molar-refractivity contribution in [3.05, 3.63) is 23.3 Å². The molecule has 0 aliphatic carbocycles. The van der Waals surface area contributed by atoms with Crippen molar-refractivity contribution in [3.63, 3.8) is 0 Å². The molecule has 1 aromatic carbocycles. The van der Waals surface area contributed by atoms with Crippen LogP contribution in [0.2, 0.25) is 0 Å². The number of carbonyl (C=O) groups is 1. The van der Waals surface area contributed by atoms with Crippen molar-refractivity contribution >= 4 is 12.0 Å². The zero-order valence-electron chi connectivity index (χ0n) is 9.00. The van der Waals surface area contributed by atoms with E-state index in [-0.39, 0.29) is 0 Å². The van der Waals surface area contributed by atoms with Gasteiger partial charge in [-0.05, 0) is 18.6 Å². The van der Waals surface area contributed by atoms with E-state index in [4.69, 9.17) is 4.74 Å². The molecule has 0 spiro atoms. The summed E-state index contributed by atoms with van der Waals surface area (Å²) in [7, 11) is 5.48. The van der Waals surface area contributed by atoms with E-state index < -0.39 is 0 Å². The third-order valence-corrected chi connectivity index (χ3v) is 2.19. The van der Waals surface area contributed by atoms with Crippen LogP contribution in [0.4, 0.5) is 5.69 Å². The van der Waals surface area contributed by atoms with E-state index in [0.717, 1.165) is 17.5 Å². The van der Waals surface area contributed by atoms with Crippen molar-refractivity contribution in [1.82, 2.24) is 0 Å². The van der Waals surface area contributed by atoms with Crippen LogP contribution >= 0.6 is 0 Å². The molecule has 0 atom stereocenters. The Bertz CT molecular complexity index is 345. The molecular weight excluding hydrogens is 178 g/mol. The minimum Gasteiger partial charge on any atom is -0.496 e. The van der Waals surface area contributed by atoms with E-state index in [1.54, 1.807) is 7.11 Å². The van der Waals surface area contributed by atoms with Crippen LogP contribution in [0.15, 0.2) is 12.1 Å². The maximum absolute atomic E-state index is 10.8. The summed E-state index contributed by atoms with van der Waals surface area (Å²) in [5, 5.41) is 0. The van der Waals surface area contributed by atoms with Gasteiger partial charge in [0.15, 0.2) is 6.29 Å². The molecule has 0 aliphatic rings. The van der Waals surface area contributed by atoms with Crippen LogP contribution in [-0.2, 0) is 0 Å². The summed E-state index contributed by atoms with van der Waals surface area (Å²) >= 11 is 0. The SMILES string of the molecule is COc1cc(N(C)C)cc(C)c1C=O. The number of benzene rings is 1. The van der Waals surface area contributed by atoms with Gasteiger partial charge in [-0.25, -0.2) is 0 Å². The van der Waals surface area contributed by atoms with Crippen molar-refractivity contribution in [2.75, 3.05) is 26.1 Å². The quantitative estimate of drug-likeness (QED) is 0.686. The predicted molar refractivity (Wildman–Crippen MR) is 57.4 cm³/mol. The van der Waals surface area contributed by atoms with Gasteiger partial charge in [-0.3, -0.25) is 4.79 Å². The van der Waals surface area contributed by atoms with E-state index in [9.17, 15) is 4.79 Å². The number of aldehydes is 1. The lowest BCUT2D eigenvalue weighted by molar-refractivity contribution is 0.112. The van der Waals surface area contributed by atoms with Crippen LogP contribution in [0, 0.1) is 6.92 Å². The maximum Gasteiger partial charge on any atom is 0.154 e. The van der Waals surface area contributed by atoms with Crippen molar-refractivity contribution in [1.29, 1.82) is 0 Å². The second-order valence-corrected chi connectivity index (χ2v) is 3.39. The summed E-state index contributed by atoms with van der Waals surface area (Å²) in [5.74, 6) is 0.628. The van der Waals surface area contributed by atoms with E-state index in [1.165, 1.54) is 0 Å². The van der Waals surface area contributed by atoms with E-state index >= 15 is 0 Å². The summed E-state index contributed by atoms with van der Waals surface area (Å²) in [6.45, 7) is 1.90. The Morgan fingerprint density at radius 2 is 2.00 bits per heavy atom. The van der Waals surface area contributed by atoms with Gasteiger partial charge >= 0.3 is 0 Å². The minimum atomic E-state index is 0.623. The van der Waals surface area contributed by atoms with Crippen molar-refractivity contribution in [2.45, 2.75) is 6.92 Å². The Hall–Kier alpha value is -1.51. The molecule has 0 saturated carbocycles. The van der Waals surface area contributed by atoms with Gasteiger partial charge in [0.2, 0.25) is 0 Å². The van der Waals surface area contributed by atoms with E-state index in [0.29, 0.717) is 11.3 Å². The number of anilines is 1. The molecule has 0 saturated heterocycles. The zero-order chi connectivity index (χ0) is 10.7. The highest BCUT2D eigenvalue weighted by Gasteiger charge is 2.08. The summed E-state index contributed by atoms with van der Waals surface area (Å²) in [4.78, 5) is 12.8. The van der Waals surface area contributed by atoms with Crippen LogP contribution in [0.5, 0.6) is 5.75 Å². The molecule has 0 unspecified atom stereocenters. The molecular formula is C11H15NO2. The number of carbonyl (C=O) groups excluding carboxylic acids is 1. The highest BCUT2D eigenvalue weighted by Crippen LogP contribution is 2.26. The Morgan fingerprint density at radius 1 is 1.36 bits per heavy atom. The van der Waals surface area contributed by atoms with Gasteiger partial charge in [-0.2, -0.15) is 0 Å². The van der Waals surface area contributed by atoms with Crippen molar-refractivity contribution in [2.24, 2.45) is 0 Å². The third kappa shape index (κ3) is 1.87. The van der Waals surface area contributed by atoms with Gasteiger partial charge < -0.3 is 9.64 Å². The molecule has 0 aromatic heterocycles. The highest BCUT2D eigenvalue weighted by molar-refractivity contribution is 5.83.